The van der Waals surface area contributed by atoms with E-state index in [0.29, 0.717) is 17.7 Å². The van der Waals surface area contributed by atoms with Crippen molar-refractivity contribution in [3.05, 3.63) is 47.8 Å². The van der Waals surface area contributed by atoms with Crippen LogP contribution in [0.3, 0.4) is 0 Å². The van der Waals surface area contributed by atoms with Gasteiger partial charge in [-0.15, -0.1) is 0 Å². The Hall–Kier alpha value is -2.63. The molecular weight excluding hydrogens is 294 g/mol. The standard InChI is InChI=1S/C17H21N3O3/c1-4-11(2)15(17(22)23)19-16(21)14-10-18-20(12(14)3)13-8-6-5-7-9-13/h5-11,15H,4H2,1-3H3,(H,19,21)(H,22,23)/t11-,15-/m0/s1. The first kappa shape index (κ1) is 16.7. The molecule has 0 aliphatic carbocycles. The number of benzene rings is 1. The second-order valence-electron chi connectivity index (χ2n) is 5.57. The number of nitrogens with zero attached hydrogens (tertiary/aromatic N) is 2. The Kier molecular flexibility index (Phi) is 5.16. The maximum atomic E-state index is 12.4. The molecule has 1 aromatic carbocycles. The van der Waals surface area contributed by atoms with Gasteiger partial charge < -0.3 is 10.4 Å². The summed E-state index contributed by atoms with van der Waals surface area (Å²) in [5.74, 6) is -1.60. The van der Waals surface area contributed by atoms with E-state index < -0.39 is 17.9 Å². The first-order valence-corrected chi connectivity index (χ1v) is 7.59. The predicted molar refractivity (Wildman–Crippen MR) is 86.6 cm³/mol. The van der Waals surface area contributed by atoms with Gasteiger partial charge >= 0.3 is 5.97 Å². The zero-order chi connectivity index (χ0) is 17.0. The number of aliphatic carboxylic acids is 1. The molecule has 2 aromatic rings. The monoisotopic (exact) mass is 315 g/mol. The molecule has 0 spiro atoms. The van der Waals surface area contributed by atoms with Gasteiger partial charge in [-0.05, 0) is 25.0 Å². The van der Waals surface area contributed by atoms with Gasteiger partial charge in [-0.2, -0.15) is 5.10 Å². The van der Waals surface area contributed by atoms with Crippen molar-refractivity contribution >= 4 is 11.9 Å². The van der Waals surface area contributed by atoms with Crippen LogP contribution < -0.4 is 5.32 Å². The van der Waals surface area contributed by atoms with Gasteiger partial charge in [-0.3, -0.25) is 4.79 Å². The molecule has 2 N–H and O–H groups in total. The van der Waals surface area contributed by atoms with Crippen LogP contribution in [-0.4, -0.2) is 32.8 Å². The van der Waals surface area contributed by atoms with Gasteiger partial charge in [-0.25, -0.2) is 9.48 Å². The fraction of sp³-hybridized carbons (Fsp3) is 0.353. The highest BCUT2D eigenvalue weighted by Gasteiger charge is 2.27. The lowest BCUT2D eigenvalue weighted by atomic mass is 9.99. The van der Waals surface area contributed by atoms with Crippen molar-refractivity contribution in [3.63, 3.8) is 0 Å². The first-order valence-electron chi connectivity index (χ1n) is 7.59. The van der Waals surface area contributed by atoms with Crippen LogP contribution in [0.5, 0.6) is 0 Å². The fourth-order valence-corrected chi connectivity index (χ4v) is 2.36. The molecule has 1 heterocycles. The summed E-state index contributed by atoms with van der Waals surface area (Å²) in [7, 11) is 0. The van der Waals surface area contributed by atoms with Crippen LogP contribution in [0.1, 0.15) is 36.3 Å². The van der Waals surface area contributed by atoms with Gasteiger partial charge in [0.1, 0.15) is 6.04 Å². The molecule has 0 saturated carbocycles. The molecule has 0 aliphatic rings. The summed E-state index contributed by atoms with van der Waals surface area (Å²) in [6, 6.07) is 8.55. The van der Waals surface area contributed by atoms with Gasteiger partial charge in [0.15, 0.2) is 0 Å². The number of para-hydroxylation sites is 1. The lowest BCUT2D eigenvalue weighted by Gasteiger charge is -2.20. The van der Waals surface area contributed by atoms with E-state index in [4.69, 9.17) is 0 Å². The molecule has 0 radical (unpaired) electrons. The van der Waals surface area contributed by atoms with E-state index in [1.54, 1.807) is 18.5 Å². The topological polar surface area (TPSA) is 84.2 Å². The van der Waals surface area contributed by atoms with Crippen LogP contribution in [0.2, 0.25) is 0 Å². The van der Waals surface area contributed by atoms with Crippen LogP contribution in [0.4, 0.5) is 0 Å². The van der Waals surface area contributed by atoms with E-state index in [9.17, 15) is 14.7 Å². The van der Waals surface area contributed by atoms with Gasteiger partial charge in [0.25, 0.3) is 5.91 Å². The minimum atomic E-state index is -1.03. The third-order valence-electron chi connectivity index (χ3n) is 4.02. The molecule has 122 valence electrons. The molecule has 0 unspecified atom stereocenters. The minimum Gasteiger partial charge on any atom is -0.480 e. The number of carbonyl (C=O) groups is 2. The smallest absolute Gasteiger partial charge is 0.326 e. The molecular formula is C17H21N3O3. The second-order valence-corrected chi connectivity index (χ2v) is 5.57. The van der Waals surface area contributed by atoms with Crippen molar-refractivity contribution < 1.29 is 14.7 Å². The van der Waals surface area contributed by atoms with E-state index in [1.165, 1.54) is 6.20 Å². The predicted octanol–water partition coefficient (Wildman–Crippen LogP) is 2.41. The minimum absolute atomic E-state index is 0.152. The number of carboxylic acid groups (broad SMARTS) is 1. The Labute approximate surface area is 135 Å². The molecule has 1 amide bonds. The van der Waals surface area contributed by atoms with E-state index in [1.807, 2.05) is 37.3 Å². The largest absolute Gasteiger partial charge is 0.480 e. The van der Waals surface area contributed by atoms with Crippen molar-refractivity contribution in [2.24, 2.45) is 5.92 Å². The van der Waals surface area contributed by atoms with E-state index in [0.717, 1.165) is 5.69 Å². The summed E-state index contributed by atoms with van der Waals surface area (Å²) in [4.78, 5) is 23.8. The zero-order valence-corrected chi connectivity index (χ0v) is 13.5. The lowest BCUT2D eigenvalue weighted by Crippen LogP contribution is -2.45. The summed E-state index contributed by atoms with van der Waals surface area (Å²) in [5, 5.41) is 16.1. The third kappa shape index (κ3) is 3.59. The van der Waals surface area contributed by atoms with E-state index >= 15 is 0 Å². The number of nitrogens with one attached hydrogen (secondary N) is 1. The van der Waals surface area contributed by atoms with Crippen molar-refractivity contribution in [1.82, 2.24) is 15.1 Å². The average molecular weight is 315 g/mol. The number of aromatic nitrogens is 2. The maximum absolute atomic E-state index is 12.4. The summed E-state index contributed by atoms with van der Waals surface area (Å²) >= 11 is 0. The van der Waals surface area contributed by atoms with Crippen molar-refractivity contribution in [2.75, 3.05) is 0 Å². The summed E-state index contributed by atoms with van der Waals surface area (Å²) < 4.78 is 1.66. The number of carbonyl (C=O) groups excluding carboxylic acids is 1. The molecule has 23 heavy (non-hydrogen) atoms. The second kappa shape index (κ2) is 7.09. The lowest BCUT2D eigenvalue weighted by molar-refractivity contribution is -0.140. The molecule has 0 bridgehead atoms. The van der Waals surface area contributed by atoms with Crippen LogP contribution in [0.15, 0.2) is 36.5 Å². The number of hydrogen-bond acceptors (Lipinski definition) is 3. The molecule has 2 atom stereocenters. The molecule has 6 heteroatoms. The number of rotatable bonds is 6. The fourth-order valence-electron chi connectivity index (χ4n) is 2.36. The van der Waals surface area contributed by atoms with E-state index in [2.05, 4.69) is 10.4 Å². The van der Waals surface area contributed by atoms with Gasteiger partial charge in [0, 0.05) is 0 Å². The van der Waals surface area contributed by atoms with Crippen molar-refractivity contribution in [1.29, 1.82) is 0 Å². The van der Waals surface area contributed by atoms with Crippen molar-refractivity contribution in [2.45, 2.75) is 33.2 Å². The molecule has 2 rings (SSSR count). The Morgan fingerprint density at radius 3 is 2.52 bits per heavy atom. The molecule has 0 saturated heterocycles. The van der Waals surface area contributed by atoms with Gasteiger partial charge in [-0.1, -0.05) is 38.5 Å². The van der Waals surface area contributed by atoms with Gasteiger partial charge in [0.05, 0.1) is 23.1 Å². The summed E-state index contributed by atoms with van der Waals surface area (Å²) in [6.07, 6.45) is 2.13. The Balaban J connectivity index is 2.24. The van der Waals surface area contributed by atoms with Crippen LogP contribution in [-0.2, 0) is 4.79 Å². The zero-order valence-electron chi connectivity index (χ0n) is 13.5. The Bertz CT molecular complexity index is 694. The molecule has 0 fully saturated rings. The maximum Gasteiger partial charge on any atom is 0.326 e. The van der Waals surface area contributed by atoms with Crippen molar-refractivity contribution in [3.8, 4) is 5.69 Å². The molecule has 1 aromatic heterocycles. The van der Waals surface area contributed by atoms with Crippen LogP contribution >= 0.6 is 0 Å². The number of amides is 1. The van der Waals surface area contributed by atoms with Crippen LogP contribution in [0.25, 0.3) is 5.69 Å². The highest BCUT2D eigenvalue weighted by atomic mass is 16.4. The highest BCUT2D eigenvalue weighted by Crippen LogP contribution is 2.15. The number of carboxylic acids is 1. The molecule has 0 aliphatic heterocycles. The quantitative estimate of drug-likeness (QED) is 0.857. The Morgan fingerprint density at radius 2 is 1.96 bits per heavy atom. The van der Waals surface area contributed by atoms with Gasteiger partial charge in [0.2, 0.25) is 0 Å². The normalized spacial score (nSPS) is 13.3. The first-order chi connectivity index (χ1) is 11.0. The summed E-state index contributed by atoms with van der Waals surface area (Å²) in [5.41, 5.74) is 1.89. The Morgan fingerprint density at radius 1 is 1.30 bits per heavy atom. The highest BCUT2D eigenvalue weighted by molar-refractivity contribution is 5.97. The summed E-state index contributed by atoms with van der Waals surface area (Å²) in [6.45, 7) is 5.48. The average Bonchev–Trinajstić information content (AvgIpc) is 2.94. The third-order valence-corrected chi connectivity index (χ3v) is 4.02. The van der Waals surface area contributed by atoms with E-state index in [-0.39, 0.29) is 5.92 Å². The molecule has 6 nitrogen and oxygen atoms in total. The SMILES string of the molecule is CC[C@H](C)[C@H](NC(=O)c1cnn(-c2ccccc2)c1C)C(=O)O. The van der Waals surface area contributed by atoms with Crippen LogP contribution in [0, 0.1) is 12.8 Å². The number of hydrogen-bond donors (Lipinski definition) is 2.